The molecule has 2 aromatic rings. The summed E-state index contributed by atoms with van der Waals surface area (Å²) >= 11 is 0. The van der Waals surface area contributed by atoms with Crippen LogP contribution < -0.4 is 10.6 Å². The Kier molecular flexibility index (Phi) is 6.21. The first-order chi connectivity index (χ1) is 13.8. The number of rotatable bonds is 6. The summed E-state index contributed by atoms with van der Waals surface area (Å²) in [5.41, 5.74) is 5.27. The molecule has 1 aliphatic carbocycles. The van der Waals surface area contributed by atoms with Crippen molar-refractivity contribution >= 4 is 23.6 Å². The number of benzene rings is 2. The third kappa shape index (κ3) is 5.14. The van der Waals surface area contributed by atoms with Gasteiger partial charge in [0.15, 0.2) is 0 Å². The summed E-state index contributed by atoms with van der Waals surface area (Å²) in [5, 5.41) is 6.01. The molecule has 0 heterocycles. The molecule has 1 fully saturated rings. The summed E-state index contributed by atoms with van der Waals surface area (Å²) < 4.78 is 0. The van der Waals surface area contributed by atoms with E-state index < -0.39 is 0 Å². The predicted octanol–water partition coefficient (Wildman–Crippen LogP) is 5.27. The molecule has 3 rings (SSSR count). The van der Waals surface area contributed by atoms with E-state index in [0.717, 1.165) is 28.9 Å². The Morgan fingerprint density at radius 1 is 1.07 bits per heavy atom. The van der Waals surface area contributed by atoms with Crippen molar-refractivity contribution in [3.63, 3.8) is 0 Å². The molecule has 4 heteroatoms. The van der Waals surface area contributed by atoms with Crippen LogP contribution in [0.25, 0.3) is 6.08 Å². The zero-order valence-corrected chi connectivity index (χ0v) is 17.8. The van der Waals surface area contributed by atoms with Crippen LogP contribution in [0.4, 0.5) is 5.69 Å². The lowest BCUT2D eigenvalue weighted by Crippen LogP contribution is -2.40. The maximum Gasteiger partial charge on any atom is 0.255 e. The fraction of sp³-hybridized carbons (Fsp3) is 0.360. The molecule has 0 spiro atoms. The van der Waals surface area contributed by atoms with Crippen LogP contribution in [-0.4, -0.2) is 18.4 Å². The molecule has 0 bridgehead atoms. The van der Waals surface area contributed by atoms with Crippen LogP contribution in [0.3, 0.4) is 0 Å². The monoisotopic (exact) mass is 390 g/mol. The Bertz CT molecular complexity index is 955. The minimum Gasteiger partial charge on any atom is -0.352 e. The summed E-state index contributed by atoms with van der Waals surface area (Å²) in [5.74, 6) is -0.167. The van der Waals surface area contributed by atoms with Gasteiger partial charge in [-0.1, -0.05) is 37.6 Å². The highest BCUT2D eigenvalue weighted by molar-refractivity contribution is 6.05. The van der Waals surface area contributed by atoms with Crippen molar-refractivity contribution in [1.82, 2.24) is 5.32 Å². The van der Waals surface area contributed by atoms with Gasteiger partial charge in [0.2, 0.25) is 5.91 Å². The van der Waals surface area contributed by atoms with E-state index in [0.29, 0.717) is 11.1 Å². The van der Waals surface area contributed by atoms with Crippen molar-refractivity contribution in [3.05, 3.63) is 70.3 Å². The van der Waals surface area contributed by atoms with Gasteiger partial charge in [0.25, 0.3) is 5.91 Å². The van der Waals surface area contributed by atoms with Crippen molar-refractivity contribution < 1.29 is 9.59 Å². The van der Waals surface area contributed by atoms with Crippen LogP contribution in [-0.2, 0) is 4.79 Å². The molecule has 2 amide bonds. The lowest BCUT2D eigenvalue weighted by molar-refractivity contribution is -0.118. The molecule has 0 aliphatic heterocycles. The molecule has 2 N–H and O–H groups in total. The second-order valence-electron chi connectivity index (χ2n) is 8.51. The maximum atomic E-state index is 12.6. The van der Waals surface area contributed by atoms with Gasteiger partial charge in [-0.3, -0.25) is 9.59 Å². The van der Waals surface area contributed by atoms with Crippen LogP contribution in [0, 0.1) is 19.3 Å². The number of carbonyl (C=O) groups excluding carboxylic acids is 2. The smallest absolute Gasteiger partial charge is 0.255 e. The molecule has 2 aromatic carbocycles. The molecule has 0 aromatic heterocycles. The van der Waals surface area contributed by atoms with Crippen molar-refractivity contribution in [2.45, 2.75) is 47.0 Å². The van der Waals surface area contributed by atoms with Gasteiger partial charge in [-0.2, -0.15) is 0 Å². The summed E-state index contributed by atoms with van der Waals surface area (Å²) in [6.07, 6.45) is 5.50. The first-order valence-electron chi connectivity index (χ1n) is 10.2. The van der Waals surface area contributed by atoms with Gasteiger partial charge >= 0.3 is 0 Å². The molecule has 29 heavy (non-hydrogen) atoms. The van der Waals surface area contributed by atoms with E-state index in [1.807, 2.05) is 63.2 Å². The first-order valence-corrected chi connectivity index (χ1v) is 10.2. The molecule has 0 unspecified atom stereocenters. The zero-order valence-electron chi connectivity index (χ0n) is 17.8. The van der Waals surface area contributed by atoms with Crippen LogP contribution in [0.1, 0.15) is 60.2 Å². The molecule has 4 nitrogen and oxygen atoms in total. The van der Waals surface area contributed by atoms with E-state index in [2.05, 4.69) is 17.6 Å². The number of carbonyl (C=O) groups is 2. The number of nitrogens with one attached hydrogen (secondary N) is 2. The third-order valence-corrected chi connectivity index (χ3v) is 5.89. The van der Waals surface area contributed by atoms with Gasteiger partial charge in [-0.25, -0.2) is 0 Å². The lowest BCUT2D eigenvalue weighted by atomic mass is 9.70. The fourth-order valence-corrected chi connectivity index (χ4v) is 3.58. The van der Waals surface area contributed by atoms with Gasteiger partial charge in [-0.05, 0) is 80.0 Å². The van der Waals surface area contributed by atoms with Crippen molar-refractivity contribution in [1.29, 1.82) is 0 Å². The number of hydrogen-bond donors (Lipinski definition) is 2. The zero-order chi connectivity index (χ0) is 21.0. The quantitative estimate of drug-likeness (QED) is 0.661. The Labute approximate surface area is 173 Å². The van der Waals surface area contributed by atoms with Crippen molar-refractivity contribution in [2.75, 3.05) is 11.9 Å². The van der Waals surface area contributed by atoms with E-state index in [1.54, 1.807) is 6.07 Å². The van der Waals surface area contributed by atoms with Crippen molar-refractivity contribution in [3.8, 4) is 0 Å². The van der Waals surface area contributed by atoms with Crippen LogP contribution in [0.5, 0.6) is 0 Å². The largest absolute Gasteiger partial charge is 0.352 e. The summed E-state index contributed by atoms with van der Waals surface area (Å²) in [4.78, 5) is 25.0. The normalized spacial score (nSPS) is 15.4. The number of anilines is 1. The minimum absolute atomic E-state index is 0.0288. The lowest BCUT2D eigenvalue weighted by Gasteiger charge is -2.38. The maximum absolute atomic E-state index is 12.6. The molecule has 1 aliphatic rings. The van der Waals surface area contributed by atoms with E-state index in [4.69, 9.17) is 0 Å². The SMILES string of the molecule is C/C(=C\c1ccc(C(=O)Nc2ccccc2C)cc1C)C(=O)NCC1(C)CCC1. The number of para-hydroxylation sites is 1. The van der Waals surface area contributed by atoms with E-state index in [-0.39, 0.29) is 17.2 Å². The van der Waals surface area contributed by atoms with Crippen LogP contribution in [0.15, 0.2) is 48.0 Å². The highest BCUT2D eigenvalue weighted by Crippen LogP contribution is 2.39. The number of amides is 2. The van der Waals surface area contributed by atoms with Crippen LogP contribution >= 0.6 is 0 Å². The number of aryl methyl sites for hydroxylation is 2. The Morgan fingerprint density at radius 2 is 1.79 bits per heavy atom. The second-order valence-corrected chi connectivity index (χ2v) is 8.51. The summed E-state index contributed by atoms with van der Waals surface area (Å²) in [6, 6.07) is 13.3. The minimum atomic E-state index is -0.138. The molecule has 1 saturated carbocycles. The standard InChI is InChI=1S/C25H30N2O2/c1-17-8-5-6-9-22(17)27-24(29)21-11-10-20(18(2)14-21)15-19(3)23(28)26-16-25(4)12-7-13-25/h5-6,8-11,14-15H,7,12-13,16H2,1-4H3,(H,26,28)(H,27,29)/b19-15+. The molecule has 0 saturated heterocycles. The predicted molar refractivity (Wildman–Crippen MR) is 119 cm³/mol. The third-order valence-electron chi connectivity index (χ3n) is 5.89. The van der Waals surface area contributed by atoms with Gasteiger partial charge in [0.05, 0.1) is 0 Å². The van der Waals surface area contributed by atoms with Gasteiger partial charge < -0.3 is 10.6 Å². The van der Waals surface area contributed by atoms with Crippen molar-refractivity contribution in [2.24, 2.45) is 5.41 Å². The molecule has 152 valence electrons. The molecule has 0 radical (unpaired) electrons. The highest BCUT2D eigenvalue weighted by atomic mass is 16.2. The molecule has 0 atom stereocenters. The number of hydrogen-bond acceptors (Lipinski definition) is 2. The molecular formula is C25H30N2O2. The van der Waals surface area contributed by atoms with Gasteiger partial charge in [-0.15, -0.1) is 0 Å². The van der Waals surface area contributed by atoms with E-state index >= 15 is 0 Å². The molecular weight excluding hydrogens is 360 g/mol. The van der Waals surface area contributed by atoms with Crippen LogP contribution in [0.2, 0.25) is 0 Å². The Hall–Kier alpha value is -2.88. The van der Waals surface area contributed by atoms with E-state index in [9.17, 15) is 9.59 Å². The van der Waals surface area contributed by atoms with Gasteiger partial charge in [0.1, 0.15) is 0 Å². The average molecular weight is 391 g/mol. The second kappa shape index (κ2) is 8.64. The Balaban J connectivity index is 1.66. The summed E-state index contributed by atoms with van der Waals surface area (Å²) in [7, 11) is 0. The highest BCUT2D eigenvalue weighted by Gasteiger charge is 2.31. The van der Waals surface area contributed by atoms with Gasteiger partial charge in [0, 0.05) is 23.4 Å². The first kappa shape index (κ1) is 20.8. The topological polar surface area (TPSA) is 58.2 Å². The summed E-state index contributed by atoms with van der Waals surface area (Å²) in [6.45, 7) is 8.70. The average Bonchev–Trinajstić information content (AvgIpc) is 2.67. The van der Waals surface area contributed by atoms with E-state index in [1.165, 1.54) is 19.3 Å². The Morgan fingerprint density at radius 3 is 2.41 bits per heavy atom. The fourth-order valence-electron chi connectivity index (χ4n) is 3.58.